The predicted octanol–water partition coefficient (Wildman–Crippen LogP) is 3.36. The molecule has 1 fully saturated rings. The van der Waals surface area contributed by atoms with Crippen LogP contribution in [0.5, 0.6) is 0 Å². The molecule has 0 spiro atoms. The highest BCUT2D eigenvalue weighted by Gasteiger charge is 2.33. The lowest BCUT2D eigenvalue weighted by molar-refractivity contribution is -0.118. The molecule has 1 aliphatic carbocycles. The fourth-order valence-corrected chi connectivity index (χ4v) is 3.44. The third-order valence-electron chi connectivity index (χ3n) is 5.05. The lowest BCUT2D eigenvalue weighted by Crippen LogP contribution is -2.36. The summed E-state index contributed by atoms with van der Waals surface area (Å²) in [4.78, 5) is 26.2. The number of amides is 2. The number of aryl methyl sites for hydroxylation is 1. The van der Waals surface area contributed by atoms with Gasteiger partial charge in [-0.3, -0.25) is 9.59 Å². The Morgan fingerprint density at radius 3 is 2.40 bits per heavy atom. The van der Waals surface area contributed by atoms with Gasteiger partial charge >= 0.3 is 0 Å². The van der Waals surface area contributed by atoms with Crippen LogP contribution in [0.25, 0.3) is 0 Å². The molecule has 0 saturated heterocycles. The van der Waals surface area contributed by atoms with Crippen LogP contribution in [0.15, 0.2) is 18.2 Å². The van der Waals surface area contributed by atoms with E-state index in [1.807, 2.05) is 13.0 Å². The molecule has 0 atom stereocenters. The molecule has 1 saturated carbocycles. The van der Waals surface area contributed by atoms with Gasteiger partial charge in [-0.05, 0) is 49.4 Å². The first-order valence-corrected chi connectivity index (χ1v) is 8.69. The molecule has 0 aliphatic heterocycles. The number of halogens is 1. The first-order chi connectivity index (χ1) is 11.4. The Morgan fingerprint density at radius 1 is 1.20 bits per heavy atom. The number of carbonyl (C=O) groups excluding carboxylic acids is 2. The quantitative estimate of drug-likeness (QED) is 0.837. The standard InChI is InChI=1S/C19H29N3O2.ClH/c1-14-7-8-15(18(24)22(2)3)11-16(14)21-17(23)12-19(13-20)9-5-4-6-10-19;/h7-8,11H,4-6,9-10,12-13,20H2,1-3H3,(H,21,23);1H. The zero-order valence-corrected chi connectivity index (χ0v) is 16.2. The van der Waals surface area contributed by atoms with Crippen LogP contribution in [0, 0.1) is 12.3 Å². The van der Waals surface area contributed by atoms with Gasteiger partial charge in [0.05, 0.1) is 0 Å². The Morgan fingerprint density at radius 2 is 1.84 bits per heavy atom. The van der Waals surface area contributed by atoms with Crippen molar-refractivity contribution >= 4 is 29.9 Å². The second-order valence-electron chi connectivity index (χ2n) is 7.22. The minimum absolute atomic E-state index is 0. The maximum Gasteiger partial charge on any atom is 0.253 e. The molecule has 2 rings (SSSR count). The first-order valence-electron chi connectivity index (χ1n) is 8.69. The van der Waals surface area contributed by atoms with E-state index in [2.05, 4.69) is 5.32 Å². The summed E-state index contributed by atoms with van der Waals surface area (Å²) in [5.41, 5.74) is 8.14. The number of anilines is 1. The monoisotopic (exact) mass is 367 g/mol. The highest BCUT2D eigenvalue weighted by atomic mass is 35.5. The van der Waals surface area contributed by atoms with Gasteiger partial charge in [-0.25, -0.2) is 0 Å². The molecule has 2 amide bonds. The summed E-state index contributed by atoms with van der Waals surface area (Å²) in [6, 6.07) is 5.41. The van der Waals surface area contributed by atoms with Gasteiger partial charge in [-0.2, -0.15) is 0 Å². The molecular weight excluding hydrogens is 338 g/mol. The second-order valence-corrected chi connectivity index (χ2v) is 7.22. The van der Waals surface area contributed by atoms with Crippen molar-refractivity contribution in [1.82, 2.24) is 4.90 Å². The molecule has 0 bridgehead atoms. The topological polar surface area (TPSA) is 75.4 Å². The van der Waals surface area contributed by atoms with Crippen LogP contribution in [0.4, 0.5) is 5.69 Å². The summed E-state index contributed by atoms with van der Waals surface area (Å²) in [5, 5.41) is 2.99. The largest absolute Gasteiger partial charge is 0.345 e. The van der Waals surface area contributed by atoms with Gasteiger partial charge in [-0.1, -0.05) is 25.3 Å². The Balaban J connectivity index is 0.00000312. The maximum absolute atomic E-state index is 12.6. The molecule has 0 unspecified atom stereocenters. The van der Waals surface area contributed by atoms with Crippen molar-refractivity contribution in [2.24, 2.45) is 11.1 Å². The van der Waals surface area contributed by atoms with Crippen molar-refractivity contribution in [2.45, 2.75) is 45.4 Å². The summed E-state index contributed by atoms with van der Waals surface area (Å²) >= 11 is 0. The molecule has 0 radical (unpaired) electrons. The highest BCUT2D eigenvalue weighted by Crippen LogP contribution is 2.38. The highest BCUT2D eigenvalue weighted by molar-refractivity contribution is 5.97. The molecule has 25 heavy (non-hydrogen) atoms. The summed E-state index contributed by atoms with van der Waals surface area (Å²) in [5.74, 6) is -0.0869. The number of hydrogen-bond acceptors (Lipinski definition) is 3. The number of carbonyl (C=O) groups is 2. The number of nitrogens with two attached hydrogens (primary N) is 1. The van der Waals surface area contributed by atoms with Crippen molar-refractivity contribution in [3.63, 3.8) is 0 Å². The van der Waals surface area contributed by atoms with Crippen LogP contribution in [-0.4, -0.2) is 37.4 Å². The van der Waals surface area contributed by atoms with Gasteiger partial charge in [0.2, 0.25) is 5.91 Å². The zero-order chi connectivity index (χ0) is 17.7. The third-order valence-corrected chi connectivity index (χ3v) is 5.05. The molecule has 1 aromatic rings. The van der Waals surface area contributed by atoms with Gasteiger partial charge < -0.3 is 16.0 Å². The van der Waals surface area contributed by atoms with E-state index in [4.69, 9.17) is 5.73 Å². The lowest BCUT2D eigenvalue weighted by atomic mass is 9.71. The van der Waals surface area contributed by atoms with E-state index >= 15 is 0 Å². The van der Waals surface area contributed by atoms with E-state index in [1.165, 1.54) is 11.3 Å². The summed E-state index contributed by atoms with van der Waals surface area (Å²) < 4.78 is 0. The van der Waals surface area contributed by atoms with Crippen molar-refractivity contribution < 1.29 is 9.59 Å². The predicted molar refractivity (Wildman–Crippen MR) is 104 cm³/mol. The van der Waals surface area contributed by atoms with E-state index in [9.17, 15) is 9.59 Å². The molecule has 1 aliphatic rings. The Bertz CT molecular complexity index is 611. The third kappa shape index (κ3) is 5.44. The smallest absolute Gasteiger partial charge is 0.253 e. The van der Waals surface area contributed by atoms with E-state index in [0.717, 1.165) is 31.2 Å². The Hall–Kier alpha value is -1.59. The molecule has 3 N–H and O–H groups in total. The Labute approximate surface area is 156 Å². The fraction of sp³-hybridized carbons (Fsp3) is 0.579. The van der Waals surface area contributed by atoms with Crippen molar-refractivity contribution in [3.05, 3.63) is 29.3 Å². The molecular formula is C19H30ClN3O2. The van der Waals surface area contributed by atoms with E-state index in [-0.39, 0.29) is 29.6 Å². The summed E-state index contributed by atoms with van der Waals surface area (Å²) in [6.45, 7) is 2.48. The SMILES string of the molecule is Cc1ccc(C(=O)N(C)C)cc1NC(=O)CC1(CN)CCCCC1.Cl. The van der Waals surface area contributed by atoms with Crippen LogP contribution < -0.4 is 11.1 Å². The average Bonchev–Trinajstić information content (AvgIpc) is 2.56. The van der Waals surface area contributed by atoms with E-state index in [0.29, 0.717) is 24.2 Å². The number of nitrogens with zero attached hydrogens (tertiary/aromatic N) is 1. The molecule has 1 aromatic carbocycles. The molecule has 0 aromatic heterocycles. The minimum Gasteiger partial charge on any atom is -0.345 e. The number of rotatable bonds is 5. The molecule has 6 heteroatoms. The van der Waals surface area contributed by atoms with Crippen LogP contribution in [0.2, 0.25) is 0 Å². The minimum atomic E-state index is -0.0730. The lowest BCUT2D eigenvalue weighted by Gasteiger charge is -2.35. The normalized spacial score (nSPS) is 15.8. The summed E-state index contributed by atoms with van der Waals surface area (Å²) in [6.07, 6.45) is 6.03. The maximum atomic E-state index is 12.6. The average molecular weight is 368 g/mol. The van der Waals surface area contributed by atoms with Crippen LogP contribution in [0.3, 0.4) is 0 Å². The van der Waals surface area contributed by atoms with E-state index in [1.54, 1.807) is 26.2 Å². The van der Waals surface area contributed by atoms with Crippen molar-refractivity contribution in [3.8, 4) is 0 Å². The molecule has 140 valence electrons. The van der Waals surface area contributed by atoms with Gasteiger partial charge in [0.1, 0.15) is 0 Å². The van der Waals surface area contributed by atoms with Gasteiger partial charge in [0.15, 0.2) is 0 Å². The van der Waals surface area contributed by atoms with Crippen molar-refractivity contribution in [2.75, 3.05) is 26.0 Å². The van der Waals surface area contributed by atoms with Crippen LogP contribution in [0.1, 0.15) is 54.4 Å². The van der Waals surface area contributed by atoms with Crippen LogP contribution >= 0.6 is 12.4 Å². The van der Waals surface area contributed by atoms with Crippen molar-refractivity contribution in [1.29, 1.82) is 0 Å². The van der Waals surface area contributed by atoms with Crippen LogP contribution in [-0.2, 0) is 4.79 Å². The van der Waals surface area contributed by atoms with E-state index < -0.39 is 0 Å². The first kappa shape index (κ1) is 21.5. The Kier molecular flexibility index (Phi) is 7.90. The van der Waals surface area contributed by atoms with Gasteiger partial charge in [0, 0.05) is 31.8 Å². The summed E-state index contributed by atoms with van der Waals surface area (Å²) in [7, 11) is 3.43. The molecule has 5 nitrogen and oxygen atoms in total. The second kappa shape index (κ2) is 9.20. The zero-order valence-electron chi connectivity index (χ0n) is 15.4. The number of hydrogen-bond donors (Lipinski definition) is 2. The fourth-order valence-electron chi connectivity index (χ4n) is 3.44. The van der Waals surface area contributed by atoms with Gasteiger partial charge in [-0.15, -0.1) is 12.4 Å². The number of benzene rings is 1. The number of nitrogens with one attached hydrogen (secondary N) is 1. The van der Waals surface area contributed by atoms with Gasteiger partial charge in [0.25, 0.3) is 5.91 Å². The molecule has 0 heterocycles.